The van der Waals surface area contributed by atoms with Crippen LogP contribution in [0.25, 0.3) is 11.1 Å². The minimum atomic E-state index is -1.25. The van der Waals surface area contributed by atoms with E-state index < -0.39 is 36.0 Å². The maximum atomic E-state index is 13.6. The van der Waals surface area contributed by atoms with E-state index in [1.165, 1.54) is 0 Å². The molecule has 3 N–H and O–H groups in total. The van der Waals surface area contributed by atoms with E-state index in [4.69, 9.17) is 4.74 Å². The number of carboxylic acids is 1. The second-order valence-corrected chi connectivity index (χ2v) is 9.43. The van der Waals surface area contributed by atoms with Crippen molar-refractivity contribution in [3.8, 4) is 11.1 Å². The van der Waals surface area contributed by atoms with Gasteiger partial charge in [-0.3, -0.25) is 4.79 Å². The highest BCUT2D eigenvalue weighted by Gasteiger charge is 2.40. The first-order valence-corrected chi connectivity index (χ1v) is 12.7. The highest BCUT2D eigenvalue weighted by molar-refractivity contribution is 5.92. The number of carbonyl (C=O) groups is 3. The van der Waals surface area contributed by atoms with Crippen LogP contribution in [0.4, 0.5) is 4.79 Å². The van der Waals surface area contributed by atoms with Crippen LogP contribution in [0, 0.1) is 0 Å². The summed E-state index contributed by atoms with van der Waals surface area (Å²) in [5.74, 6) is -2.35. The van der Waals surface area contributed by atoms with Gasteiger partial charge in [0.15, 0.2) is 0 Å². The standard InChI is InChI=1S/C32H28N2O5/c35-30(27(19-21-11-3-1-4-12-21)33-32(38)39-20-22-13-5-2-6-14-22)34-29(31(36)37)28-25-17-9-7-15-23(25)24-16-8-10-18-26(24)28/h1-18,27-29H,19-20H2,(H,33,38)(H,34,35)(H,36,37)/t27-,29-/m0/s1. The lowest BCUT2D eigenvalue weighted by Gasteiger charge is -2.26. The lowest BCUT2D eigenvalue weighted by Crippen LogP contribution is -2.54. The Balaban J connectivity index is 1.38. The van der Waals surface area contributed by atoms with Crippen molar-refractivity contribution in [2.24, 2.45) is 0 Å². The molecule has 0 saturated heterocycles. The molecule has 0 unspecified atom stereocenters. The number of hydrogen-bond acceptors (Lipinski definition) is 4. The topological polar surface area (TPSA) is 105 Å². The first-order valence-electron chi connectivity index (χ1n) is 12.7. The lowest BCUT2D eigenvalue weighted by atomic mass is 9.89. The number of nitrogens with one attached hydrogen (secondary N) is 2. The van der Waals surface area contributed by atoms with Gasteiger partial charge in [0.1, 0.15) is 18.7 Å². The van der Waals surface area contributed by atoms with Gasteiger partial charge in [0.05, 0.1) is 0 Å². The Morgan fingerprint density at radius 1 is 0.692 bits per heavy atom. The fourth-order valence-corrected chi connectivity index (χ4v) is 5.06. The largest absolute Gasteiger partial charge is 0.480 e. The predicted molar refractivity (Wildman–Crippen MR) is 147 cm³/mol. The van der Waals surface area contributed by atoms with Crippen LogP contribution in [-0.2, 0) is 27.4 Å². The molecular formula is C32H28N2O5. The number of amides is 2. The molecule has 0 aliphatic heterocycles. The second-order valence-electron chi connectivity index (χ2n) is 9.43. The summed E-state index contributed by atoms with van der Waals surface area (Å²) >= 11 is 0. The van der Waals surface area contributed by atoms with E-state index in [0.29, 0.717) is 0 Å². The zero-order chi connectivity index (χ0) is 27.2. The first-order chi connectivity index (χ1) is 19.0. The molecule has 0 saturated carbocycles. The Labute approximate surface area is 226 Å². The van der Waals surface area contributed by atoms with Crippen molar-refractivity contribution >= 4 is 18.0 Å². The average molecular weight is 521 g/mol. The fourth-order valence-electron chi connectivity index (χ4n) is 5.06. The minimum Gasteiger partial charge on any atom is -0.480 e. The van der Waals surface area contributed by atoms with E-state index in [1.54, 1.807) is 0 Å². The van der Waals surface area contributed by atoms with Crippen molar-refractivity contribution in [1.29, 1.82) is 0 Å². The molecule has 0 fully saturated rings. The summed E-state index contributed by atoms with van der Waals surface area (Å²) in [6.45, 7) is 0.0414. The van der Waals surface area contributed by atoms with Gasteiger partial charge in [-0.05, 0) is 33.4 Å². The third-order valence-corrected chi connectivity index (χ3v) is 6.88. The van der Waals surface area contributed by atoms with Crippen LogP contribution in [0.15, 0.2) is 109 Å². The smallest absolute Gasteiger partial charge is 0.408 e. The molecule has 1 aliphatic carbocycles. The van der Waals surface area contributed by atoms with E-state index in [9.17, 15) is 19.5 Å². The third-order valence-electron chi connectivity index (χ3n) is 6.88. The van der Waals surface area contributed by atoms with Crippen LogP contribution in [0.5, 0.6) is 0 Å². The molecule has 2 amide bonds. The molecule has 0 radical (unpaired) electrons. The summed E-state index contributed by atoms with van der Waals surface area (Å²) in [4.78, 5) is 38.9. The van der Waals surface area contributed by atoms with Gasteiger partial charge >= 0.3 is 12.1 Å². The normalized spacial score (nSPS) is 13.4. The lowest BCUT2D eigenvalue weighted by molar-refractivity contribution is -0.142. The molecule has 2 atom stereocenters. The van der Waals surface area contributed by atoms with E-state index in [-0.39, 0.29) is 13.0 Å². The van der Waals surface area contributed by atoms with Crippen molar-refractivity contribution in [2.75, 3.05) is 0 Å². The van der Waals surface area contributed by atoms with Crippen LogP contribution in [0.3, 0.4) is 0 Å². The summed E-state index contributed by atoms with van der Waals surface area (Å²) in [5, 5.41) is 15.6. The molecule has 0 heterocycles. The van der Waals surface area contributed by atoms with Crippen molar-refractivity contribution in [3.05, 3.63) is 131 Å². The molecule has 5 rings (SSSR count). The molecule has 7 nitrogen and oxygen atoms in total. The van der Waals surface area contributed by atoms with Gasteiger partial charge in [0.25, 0.3) is 0 Å². The van der Waals surface area contributed by atoms with Gasteiger partial charge in [-0.15, -0.1) is 0 Å². The number of rotatable bonds is 9. The number of fused-ring (bicyclic) bond motifs is 3. The minimum absolute atomic E-state index is 0.0414. The number of aliphatic carboxylic acids is 1. The Morgan fingerprint density at radius 2 is 1.21 bits per heavy atom. The van der Waals surface area contributed by atoms with Crippen molar-refractivity contribution < 1.29 is 24.2 Å². The van der Waals surface area contributed by atoms with E-state index in [2.05, 4.69) is 10.6 Å². The van der Waals surface area contributed by atoms with Gasteiger partial charge in [-0.2, -0.15) is 0 Å². The predicted octanol–water partition coefficient (Wildman–Crippen LogP) is 4.91. The number of carbonyl (C=O) groups excluding carboxylic acids is 2. The molecule has 196 valence electrons. The van der Waals surface area contributed by atoms with Crippen LogP contribution in [-0.4, -0.2) is 35.2 Å². The molecule has 0 bridgehead atoms. The Morgan fingerprint density at radius 3 is 1.77 bits per heavy atom. The highest BCUT2D eigenvalue weighted by atomic mass is 16.5. The Bertz CT molecular complexity index is 1430. The SMILES string of the molecule is O=C(N[C@@H](Cc1ccccc1)C(=O)N[C@H](C(=O)O)C1c2ccccc2-c2ccccc21)OCc1ccccc1. The molecule has 0 aromatic heterocycles. The number of carboxylic acid groups (broad SMARTS) is 1. The van der Waals surface area contributed by atoms with Crippen LogP contribution >= 0.6 is 0 Å². The summed E-state index contributed by atoms with van der Waals surface area (Å²) in [5.41, 5.74) is 5.18. The summed E-state index contributed by atoms with van der Waals surface area (Å²) in [6.07, 6.45) is -0.601. The fraction of sp³-hybridized carbons (Fsp3) is 0.156. The van der Waals surface area contributed by atoms with Gasteiger partial charge < -0.3 is 20.5 Å². The van der Waals surface area contributed by atoms with Crippen molar-refractivity contribution in [1.82, 2.24) is 10.6 Å². The molecular weight excluding hydrogens is 492 g/mol. The zero-order valence-electron chi connectivity index (χ0n) is 21.1. The summed E-state index contributed by atoms with van der Waals surface area (Å²) in [6, 6.07) is 31.4. The van der Waals surface area contributed by atoms with E-state index in [0.717, 1.165) is 33.4 Å². The molecule has 4 aromatic carbocycles. The Hall–Kier alpha value is -4.91. The molecule has 4 aromatic rings. The van der Waals surface area contributed by atoms with Crippen LogP contribution < -0.4 is 10.6 Å². The molecule has 39 heavy (non-hydrogen) atoms. The van der Waals surface area contributed by atoms with Crippen LogP contribution in [0.2, 0.25) is 0 Å². The zero-order valence-corrected chi connectivity index (χ0v) is 21.1. The third kappa shape index (κ3) is 5.83. The van der Waals surface area contributed by atoms with Gasteiger partial charge in [0.2, 0.25) is 5.91 Å². The number of ether oxygens (including phenoxy) is 1. The number of benzene rings is 4. The van der Waals surface area contributed by atoms with Gasteiger partial charge in [-0.25, -0.2) is 9.59 Å². The maximum absolute atomic E-state index is 13.6. The highest BCUT2D eigenvalue weighted by Crippen LogP contribution is 2.46. The number of alkyl carbamates (subject to hydrolysis) is 1. The number of hydrogen-bond donors (Lipinski definition) is 3. The average Bonchev–Trinajstić information content (AvgIpc) is 3.29. The second kappa shape index (κ2) is 11.6. The van der Waals surface area contributed by atoms with Gasteiger partial charge in [-0.1, -0.05) is 109 Å². The first kappa shape index (κ1) is 25.7. The summed E-state index contributed by atoms with van der Waals surface area (Å²) < 4.78 is 5.35. The Kier molecular flexibility index (Phi) is 7.68. The van der Waals surface area contributed by atoms with E-state index >= 15 is 0 Å². The van der Waals surface area contributed by atoms with Crippen molar-refractivity contribution in [2.45, 2.75) is 31.0 Å². The molecule has 0 spiro atoms. The summed E-state index contributed by atoms with van der Waals surface area (Å²) in [7, 11) is 0. The quantitative estimate of drug-likeness (QED) is 0.291. The molecule has 7 heteroatoms. The van der Waals surface area contributed by atoms with Crippen LogP contribution in [0.1, 0.15) is 28.2 Å². The van der Waals surface area contributed by atoms with Gasteiger partial charge in [0, 0.05) is 12.3 Å². The van der Waals surface area contributed by atoms with Crippen molar-refractivity contribution in [3.63, 3.8) is 0 Å². The maximum Gasteiger partial charge on any atom is 0.408 e. The molecule has 1 aliphatic rings. The van der Waals surface area contributed by atoms with E-state index in [1.807, 2.05) is 109 Å². The monoisotopic (exact) mass is 520 g/mol.